The van der Waals surface area contributed by atoms with E-state index in [9.17, 15) is 4.79 Å². The minimum atomic E-state index is -0.542. The summed E-state index contributed by atoms with van der Waals surface area (Å²) in [6, 6.07) is 12.5. The summed E-state index contributed by atoms with van der Waals surface area (Å²) in [4.78, 5) is 24.1. The van der Waals surface area contributed by atoms with Crippen molar-refractivity contribution in [3.8, 4) is 11.8 Å². The molecule has 0 unspecified atom stereocenters. The Labute approximate surface area is 192 Å². The third kappa shape index (κ3) is 5.37. The van der Waals surface area contributed by atoms with Gasteiger partial charge in [0.2, 0.25) is 0 Å². The van der Waals surface area contributed by atoms with E-state index in [1.807, 2.05) is 6.07 Å². The summed E-state index contributed by atoms with van der Waals surface area (Å²) < 4.78 is 6.19. The van der Waals surface area contributed by atoms with Crippen LogP contribution in [-0.4, -0.2) is 43.2 Å². The van der Waals surface area contributed by atoms with Gasteiger partial charge < -0.3 is 4.74 Å². The number of fused-ring (bicyclic) bond motifs is 1. The molecule has 3 aromatic heterocycles. The van der Waals surface area contributed by atoms with Crippen molar-refractivity contribution in [3.63, 3.8) is 0 Å². The first kappa shape index (κ1) is 21.7. The summed E-state index contributed by atoms with van der Waals surface area (Å²) in [5.41, 5.74) is 1.58. The molecule has 0 aliphatic heterocycles. The number of hydrogen-bond acceptors (Lipinski definition) is 10. The smallest absolute Gasteiger partial charge is 0.410 e. The van der Waals surface area contributed by atoms with Gasteiger partial charge in [0.15, 0.2) is 5.82 Å². The Morgan fingerprint density at radius 3 is 2.78 bits per heavy atom. The number of aromatic amines is 1. The second-order valence-electron chi connectivity index (χ2n) is 6.77. The number of unbranched alkanes of at least 4 members (excludes halogenated alkanes) is 1. The molecule has 0 saturated heterocycles. The van der Waals surface area contributed by atoms with E-state index in [2.05, 4.69) is 49.3 Å². The maximum absolute atomic E-state index is 13.0. The standard InChI is InChI=1S/C20H18N8O2S2/c21-11-10-13-4-6-14(7-5-13)30-20(29)28(12-2-1-3-16-24-26-27-25-16)17-9-8-15-18(23-17)32-19(31)22-15/h4-9H,1-3,10,12H2,(H,22,31)(H,24,25,26,27). The van der Waals surface area contributed by atoms with E-state index < -0.39 is 6.09 Å². The number of tetrazole rings is 1. The molecule has 32 heavy (non-hydrogen) atoms. The molecule has 0 aliphatic rings. The highest BCUT2D eigenvalue weighted by molar-refractivity contribution is 7.82. The van der Waals surface area contributed by atoms with E-state index in [-0.39, 0.29) is 0 Å². The van der Waals surface area contributed by atoms with Gasteiger partial charge in [0, 0.05) is 13.0 Å². The first-order chi connectivity index (χ1) is 15.6. The van der Waals surface area contributed by atoms with Crippen LogP contribution in [0, 0.1) is 11.3 Å². The number of rotatable bonds is 8. The van der Waals surface area contributed by atoms with Crippen molar-refractivity contribution in [2.45, 2.75) is 30.0 Å². The molecule has 0 atom stereocenters. The van der Waals surface area contributed by atoms with Crippen LogP contribution in [0.1, 0.15) is 24.2 Å². The number of ether oxygens (including phenoxy) is 1. The fourth-order valence-corrected chi connectivity index (χ4v) is 4.05. The largest absolute Gasteiger partial charge is 0.420 e. The van der Waals surface area contributed by atoms with E-state index in [1.165, 1.54) is 16.2 Å². The van der Waals surface area contributed by atoms with E-state index in [4.69, 9.17) is 10.00 Å². The summed E-state index contributed by atoms with van der Waals surface area (Å²) in [6.45, 7) is 0.397. The topological polar surface area (TPSA) is 134 Å². The molecule has 1 amide bonds. The number of aromatic nitrogens is 6. The van der Waals surface area contributed by atoms with Crippen LogP contribution < -0.4 is 9.64 Å². The van der Waals surface area contributed by atoms with Crippen molar-refractivity contribution in [2.24, 2.45) is 0 Å². The van der Waals surface area contributed by atoms with Crippen LogP contribution in [0.3, 0.4) is 0 Å². The number of nitrogens with zero attached hydrogens (tertiary/aromatic N) is 7. The number of carbonyl (C=O) groups excluding carboxylic acids is 1. The van der Waals surface area contributed by atoms with E-state index >= 15 is 0 Å². The number of pyridine rings is 1. The Balaban J connectivity index is 1.49. The predicted octanol–water partition coefficient (Wildman–Crippen LogP) is 3.59. The number of aryl methyl sites for hydroxylation is 1. The van der Waals surface area contributed by atoms with E-state index in [0.717, 1.165) is 17.5 Å². The number of carbonyl (C=O) groups is 1. The second kappa shape index (κ2) is 10.2. The van der Waals surface area contributed by atoms with Gasteiger partial charge in [-0.2, -0.15) is 10.5 Å². The van der Waals surface area contributed by atoms with Crippen LogP contribution >= 0.6 is 24.0 Å². The lowest BCUT2D eigenvalue weighted by atomic mass is 10.2. The quantitative estimate of drug-likeness (QED) is 0.297. The van der Waals surface area contributed by atoms with Crippen molar-refractivity contribution in [1.29, 1.82) is 5.26 Å². The van der Waals surface area contributed by atoms with Gasteiger partial charge >= 0.3 is 6.09 Å². The number of thiol groups is 1. The van der Waals surface area contributed by atoms with Crippen molar-refractivity contribution in [3.05, 3.63) is 47.8 Å². The lowest BCUT2D eigenvalue weighted by Gasteiger charge is -2.21. The molecule has 0 spiro atoms. The maximum Gasteiger partial charge on any atom is 0.420 e. The number of anilines is 1. The zero-order valence-electron chi connectivity index (χ0n) is 16.8. The highest BCUT2D eigenvalue weighted by atomic mass is 32.2. The average molecular weight is 467 g/mol. The van der Waals surface area contributed by atoms with E-state index in [0.29, 0.717) is 52.4 Å². The van der Waals surface area contributed by atoms with Gasteiger partial charge in [0.25, 0.3) is 0 Å². The summed E-state index contributed by atoms with van der Waals surface area (Å²) in [5.74, 6) is 1.49. The van der Waals surface area contributed by atoms with Gasteiger partial charge in [-0.15, -0.1) is 22.8 Å². The molecule has 10 nitrogen and oxygen atoms in total. The lowest BCUT2D eigenvalue weighted by molar-refractivity contribution is 0.207. The SMILES string of the molecule is N#CCc1ccc(OC(=O)N(CCCCc2nn[nH]n2)c2ccc3nc(S)sc3n2)cc1. The molecule has 12 heteroatoms. The predicted molar refractivity (Wildman–Crippen MR) is 121 cm³/mol. The highest BCUT2D eigenvalue weighted by Gasteiger charge is 2.20. The second-order valence-corrected chi connectivity index (χ2v) is 8.48. The van der Waals surface area contributed by atoms with Crippen LogP contribution in [0.2, 0.25) is 0 Å². The summed E-state index contributed by atoms with van der Waals surface area (Å²) in [7, 11) is 0. The highest BCUT2D eigenvalue weighted by Crippen LogP contribution is 2.26. The molecule has 162 valence electrons. The number of nitriles is 1. The van der Waals surface area contributed by atoms with Crippen LogP contribution in [0.5, 0.6) is 5.75 Å². The van der Waals surface area contributed by atoms with Crippen LogP contribution in [0.25, 0.3) is 10.3 Å². The van der Waals surface area contributed by atoms with Crippen molar-refractivity contribution >= 4 is 46.2 Å². The number of amides is 1. The number of H-pyrrole nitrogens is 1. The monoisotopic (exact) mass is 466 g/mol. The lowest BCUT2D eigenvalue weighted by Crippen LogP contribution is -2.35. The van der Waals surface area contributed by atoms with Gasteiger partial charge in [-0.25, -0.2) is 14.8 Å². The summed E-state index contributed by atoms with van der Waals surface area (Å²) >= 11 is 5.62. The van der Waals surface area contributed by atoms with E-state index in [1.54, 1.807) is 30.3 Å². The minimum Gasteiger partial charge on any atom is -0.410 e. The van der Waals surface area contributed by atoms with Gasteiger partial charge in [0.1, 0.15) is 26.3 Å². The molecule has 0 fully saturated rings. The molecule has 4 aromatic rings. The van der Waals surface area contributed by atoms with Crippen molar-refractivity contribution in [2.75, 3.05) is 11.4 Å². The fourth-order valence-electron chi connectivity index (χ4n) is 3.01. The fraction of sp³-hybridized carbons (Fsp3) is 0.250. The molecule has 0 radical (unpaired) electrons. The zero-order valence-corrected chi connectivity index (χ0v) is 18.5. The minimum absolute atomic E-state index is 0.298. The molecule has 4 rings (SSSR count). The molecule has 0 aliphatic carbocycles. The number of thiazole rings is 1. The first-order valence-electron chi connectivity index (χ1n) is 9.76. The maximum atomic E-state index is 13.0. The van der Waals surface area contributed by atoms with Gasteiger partial charge in [-0.3, -0.25) is 4.90 Å². The number of benzene rings is 1. The Bertz CT molecular complexity index is 1230. The first-order valence-corrected chi connectivity index (χ1v) is 11.0. The number of nitrogens with one attached hydrogen (secondary N) is 1. The molecule has 1 aromatic carbocycles. The number of hydrogen-bond donors (Lipinski definition) is 2. The van der Waals surface area contributed by atoms with Crippen molar-refractivity contribution in [1.82, 2.24) is 30.6 Å². The molecule has 0 bridgehead atoms. The Morgan fingerprint density at radius 1 is 1.19 bits per heavy atom. The van der Waals surface area contributed by atoms with Gasteiger partial charge in [-0.1, -0.05) is 28.7 Å². The van der Waals surface area contributed by atoms with Crippen LogP contribution in [0.15, 0.2) is 40.7 Å². The molecule has 3 heterocycles. The van der Waals surface area contributed by atoms with Gasteiger partial charge in [0.05, 0.1) is 12.5 Å². The molecule has 1 N–H and O–H groups in total. The van der Waals surface area contributed by atoms with Crippen LogP contribution in [-0.2, 0) is 12.8 Å². The average Bonchev–Trinajstić information content (AvgIpc) is 3.43. The molecular formula is C20H18N8O2S2. The Hall–Kier alpha value is -3.56. The Kier molecular flexibility index (Phi) is 6.88. The Morgan fingerprint density at radius 2 is 2.03 bits per heavy atom. The molecule has 0 saturated carbocycles. The van der Waals surface area contributed by atoms with Crippen molar-refractivity contribution < 1.29 is 9.53 Å². The third-order valence-corrected chi connectivity index (χ3v) is 5.70. The third-order valence-electron chi connectivity index (χ3n) is 4.56. The summed E-state index contributed by atoms with van der Waals surface area (Å²) in [6.07, 6.45) is 1.84. The zero-order chi connectivity index (χ0) is 22.3. The summed E-state index contributed by atoms with van der Waals surface area (Å²) in [5, 5.41) is 22.7. The normalized spacial score (nSPS) is 10.8. The van der Waals surface area contributed by atoms with Gasteiger partial charge in [-0.05, 0) is 42.7 Å². The molecular weight excluding hydrogens is 448 g/mol. The van der Waals surface area contributed by atoms with Crippen LogP contribution in [0.4, 0.5) is 10.6 Å².